The average Bonchev–Trinajstić information content (AvgIpc) is 2.98. The maximum Gasteiger partial charge on any atom is 0.335 e. The van der Waals surface area contributed by atoms with Crippen LogP contribution in [0.4, 0.5) is 0 Å². The van der Waals surface area contributed by atoms with E-state index in [1.165, 1.54) is 22.3 Å². The van der Waals surface area contributed by atoms with Gasteiger partial charge in [-0.1, -0.05) is 73.8 Å². The molecule has 0 bridgehead atoms. The molecular weight excluding hydrogens is 500 g/mol. The van der Waals surface area contributed by atoms with Gasteiger partial charge in [0.25, 0.3) is 0 Å². The van der Waals surface area contributed by atoms with Gasteiger partial charge in [-0.3, -0.25) is 0 Å². The second kappa shape index (κ2) is 16.0. The van der Waals surface area contributed by atoms with Crippen molar-refractivity contribution in [2.45, 2.75) is 64.7 Å². The number of aryl methyl sites for hydroxylation is 1. The van der Waals surface area contributed by atoms with Gasteiger partial charge in [0, 0.05) is 11.5 Å². The first kappa shape index (κ1) is 31.1. The van der Waals surface area contributed by atoms with Crippen LogP contribution in [0.15, 0.2) is 85.0 Å². The Morgan fingerprint density at radius 3 is 2.05 bits per heavy atom. The lowest BCUT2D eigenvalue weighted by molar-refractivity contribution is -0.144. The zero-order chi connectivity index (χ0) is 28.9. The van der Waals surface area contributed by atoms with Crippen LogP contribution in [0.25, 0.3) is 11.1 Å². The number of hydrogen-bond acceptors (Lipinski definition) is 5. The quantitative estimate of drug-likeness (QED) is 0.153. The highest BCUT2D eigenvalue weighted by Crippen LogP contribution is 2.39. The van der Waals surface area contributed by atoms with E-state index in [0.29, 0.717) is 17.4 Å². The Hall–Kier alpha value is -3.44. The van der Waals surface area contributed by atoms with Gasteiger partial charge in [-0.15, -0.1) is 0 Å². The number of rotatable bonds is 14. The highest BCUT2D eigenvalue weighted by atomic mass is 16.5. The molecule has 1 saturated carbocycles. The van der Waals surface area contributed by atoms with Gasteiger partial charge in [0.2, 0.25) is 0 Å². The van der Waals surface area contributed by atoms with Gasteiger partial charge in [-0.05, 0) is 92.9 Å². The lowest BCUT2D eigenvalue weighted by Gasteiger charge is -2.31. The monoisotopic (exact) mass is 544 g/mol. The van der Waals surface area contributed by atoms with E-state index in [-0.39, 0.29) is 24.7 Å². The number of esters is 2. The Morgan fingerprint density at radius 2 is 1.50 bits per heavy atom. The molecule has 0 saturated heterocycles. The van der Waals surface area contributed by atoms with Crippen LogP contribution in [0.5, 0.6) is 0 Å². The molecule has 0 spiro atoms. The molecule has 40 heavy (non-hydrogen) atoms. The number of allylic oxidation sites excluding steroid dienone is 2. The number of benzene rings is 2. The van der Waals surface area contributed by atoms with Crippen LogP contribution in [0.1, 0.15) is 69.4 Å². The lowest BCUT2D eigenvalue weighted by Crippen LogP contribution is -2.25. The molecule has 1 unspecified atom stereocenters. The molecule has 0 aliphatic heterocycles. The first-order chi connectivity index (χ1) is 19.3. The number of hydrogen-bond donors (Lipinski definition) is 1. The van der Waals surface area contributed by atoms with E-state index >= 15 is 0 Å². The lowest BCUT2D eigenvalue weighted by atomic mass is 9.75. The molecule has 1 aliphatic carbocycles. The Kier molecular flexibility index (Phi) is 12.4. The molecule has 1 atom stereocenters. The van der Waals surface area contributed by atoms with Crippen LogP contribution in [0.3, 0.4) is 0 Å². The van der Waals surface area contributed by atoms with Crippen LogP contribution in [-0.4, -0.2) is 36.9 Å². The summed E-state index contributed by atoms with van der Waals surface area (Å²) >= 11 is 0. The smallest absolute Gasteiger partial charge is 0.335 e. The molecule has 0 amide bonds. The summed E-state index contributed by atoms with van der Waals surface area (Å²) in [5, 5.41) is 9.12. The summed E-state index contributed by atoms with van der Waals surface area (Å²) < 4.78 is 10.7. The van der Waals surface area contributed by atoms with E-state index in [1.54, 1.807) is 6.92 Å². The van der Waals surface area contributed by atoms with Crippen LogP contribution in [-0.2, 0) is 25.5 Å². The minimum atomic E-state index is -0.619. The number of carbonyl (C=O) groups excluding carboxylic acids is 2. The number of aliphatic hydroxyl groups is 1. The van der Waals surface area contributed by atoms with E-state index in [9.17, 15) is 9.59 Å². The topological polar surface area (TPSA) is 72.8 Å². The van der Waals surface area contributed by atoms with Crippen molar-refractivity contribution in [3.8, 4) is 11.1 Å². The molecule has 0 aromatic heterocycles. The molecular formula is C35H44O5. The van der Waals surface area contributed by atoms with E-state index < -0.39 is 18.5 Å². The number of aliphatic hydroxyl groups excluding tert-OH is 1. The van der Waals surface area contributed by atoms with Crippen LogP contribution < -0.4 is 0 Å². The van der Waals surface area contributed by atoms with Crippen molar-refractivity contribution in [1.82, 2.24) is 0 Å². The van der Waals surface area contributed by atoms with Crippen molar-refractivity contribution in [3.63, 3.8) is 0 Å². The van der Waals surface area contributed by atoms with Crippen LogP contribution >= 0.6 is 0 Å². The van der Waals surface area contributed by atoms with E-state index in [2.05, 4.69) is 80.8 Å². The summed E-state index contributed by atoms with van der Waals surface area (Å²) in [6, 6.07) is 17.9. The normalized spacial score (nSPS) is 17.8. The largest absolute Gasteiger partial charge is 0.462 e. The van der Waals surface area contributed by atoms with E-state index in [1.807, 2.05) is 0 Å². The summed E-state index contributed by atoms with van der Waals surface area (Å²) in [4.78, 5) is 23.9. The Balaban J connectivity index is 1.52. The van der Waals surface area contributed by atoms with Crippen LogP contribution in [0.2, 0.25) is 0 Å². The standard InChI is InChI=1S/C35H44O5/c1-5-6-7-8-27-9-13-30(14-10-27)32-17-19-33(20-18-32)31-15-11-28(12-16-31)21-29(23-39-34(37)25(2)3)24-40-35(38)26(4)22-36/h5-6,9-10,13-14,17-20,28-29,31,36H,2,4,7-8,11-12,15-16,21-24H2,1,3H3/b6-5+. The molecule has 1 aliphatic rings. The summed E-state index contributed by atoms with van der Waals surface area (Å²) in [5.74, 6) is -0.177. The highest BCUT2D eigenvalue weighted by Gasteiger charge is 2.26. The van der Waals surface area contributed by atoms with Gasteiger partial charge in [0.1, 0.15) is 0 Å². The minimum absolute atomic E-state index is 0.0151. The third-order valence-corrected chi connectivity index (χ3v) is 7.75. The van der Waals surface area contributed by atoms with Crippen molar-refractivity contribution < 1.29 is 24.2 Å². The third-order valence-electron chi connectivity index (χ3n) is 7.75. The van der Waals surface area contributed by atoms with Gasteiger partial charge in [0.15, 0.2) is 0 Å². The zero-order valence-corrected chi connectivity index (χ0v) is 24.1. The van der Waals surface area contributed by atoms with Gasteiger partial charge >= 0.3 is 11.9 Å². The molecule has 0 heterocycles. The fourth-order valence-corrected chi connectivity index (χ4v) is 5.29. The predicted molar refractivity (Wildman–Crippen MR) is 161 cm³/mol. The Morgan fingerprint density at radius 1 is 0.925 bits per heavy atom. The van der Waals surface area contributed by atoms with Gasteiger partial charge < -0.3 is 14.6 Å². The van der Waals surface area contributed by atoms with Gasteiger partial charge in [-0.2, -0.15) is 0 Å². The molecule has 2 aromatic carbocycles. The second-order valence-corrected chi connectivity index (χ2v) is 11.0. The summed E-state index contributed by atoms with van der Waals surface area (Å²) in [5.41, 5.74) is 5.58. The van der Waals surface area contributed by atoms with Crippen molar-refractivity contribution >= 4 is 11.9 Å². The molecule has 3 rings (SSSR count). The van der Waals surface area contributed by atoms with Crippen molar-refractivity contribution in [2.75, 3.05) is 19.8 Å². The van der Waals surface area contributed by atoms with Crippen molar-refractivity contribution in [3.05, 3.63) is 96.1 Å². The predicted octanol–water partition coefficient (Wildman–Crippen LogP) is 7.35. The Bertz CT molecular complexity index is 1150. The summed E-state index contributed by atoms with van der Waals surface area (Å²) in [6.45, 7) is 10.7. The second-order valence-electron chi connectivity index (χ2n) is 11.0. The summed E-state index contributed by atoms with van der Waals surface area (Å²) in [7, 11) is 0. The average molecular weight is 545 g/mol. The first-order valence-electron chi connectivity index (χ1n) is 14.4. The Labute approximate surface area is 239 Å². The SMILES string of the molecule is C=C(C)C(=O)OCC(COC(=O)C(=C)CO)CC1CCC(c2ccc(-c3ccc(CC/C=C/C)cc3)cc2)CC1. The first-order valence-corrected chi connectivity index (χ1v) is 14.4. The van der Waals surface area contributed by atoms with E-state index in [4.69, 9.17) is 14.6 Å². The van der Waals surface area contributed by atoms with Gasteiger partial charge in [-0.25, -0.2) is 9.59 Å². The van der Waals surface area contributed by atoms with Gasteiger partial charge in [0.05, 0.1) is 25.4 Å². The summed E-state index contributed by atoms with van der Waals surface area (Å²) in [6.07, 6.45) is 11.6. The molecule has 5 heteroatoms. The van der Waals surface area contributed by atoms with Crippen LogP contribution in [0, 0.1) is 11.8 Å². The fourth-order valence-electron chi connectivity index (χ4n) is 5.29. The van der Waals surface area contributed by atoms with E-state index in [0.717, 1.165) is 44.9 Å². The number of ether oxygens (including phenoxy) is 2. The zero-order valence-electron chi connectivity index (χ0n) is 24.1. The molecule has 1 N–H and O–H groups in total. The fraction of sp³-hybridized carbons (Fsp3) is 0.429. The molecule has 5 nitrogen and oxygen atoms in total. The third kappa shape index (κ3) is 9.63. The molecule has 1 fully saturated rings. The minimum Gasteiger partial charge on any atom is -0.462 e. The van der Waals surface area contributed by atoms with Crippen molar-refractivity contribution in [1.29, 1.82) is 0 Å². The highest BCUT2D eigenvalue weighted by molar-refractivity contribution is 5.88. The molecule has 214 valence electrons. The maximum absolute atomic E-state index is 12.0. The number of carbonyl (C=O) groups is 2. The maximum atomic E-state index is 12.0. The van der Waals surface area contributed by atoms with Crippen molar-refractivity contribution in [2.24, 2.45) is 11.8 Å². The molecule has 0 radical (unpaired) electrons. The molecule has 2 aromatic rings.